The molecule has 3 atom stereocenters. The summed E-state index contributed by atoms with van der Waals surface area (Å²) in [6.45, 7) is 6.17. The van der Waals surface area contributed by atoms with Crippen molar-refractivity contribution in [2.75, 3.05) is 19.6 Å². The Labute approximate surface area is 123 Å². The summed E-state index contributed by atoms with van der Waals surface area (Å²) >= 11 is 0. The van der Waals surface area contributed by atoms with Gasteiger partial charge in [-0.15, -0.1) is 0 Å². The summed E-state index contributed by atoms with van der Waals surface area (Å²) in [6.07, 6.45) is 6.83. The van der Waals surface area contributed by atoms with Crippen molar-refractivity contribution < 1.29 is 0 Å². The molecule has 0 radical (unpaired) electrons. The van der Waals surface area contributed by atoms with Gasteiger partial charge in [0.05, 0.1) is 0 Å². The van der Waals surface area contributed by atoms with E-state index in [2.05, 4.69) is 47.5 Å². The van der Waals surface area contributed by atoms with Crippen molar-refractivity contribution in [3.8, 4) is 0 Å². The van der Waals surface area contributed by atoms with Crippen LogP contribution < -0.4 is 5.32 Å². The standard InChI is InChI=1S/C18H28N2/c1-15(16-7-3-2-4-8-16)11-14-20-13-6-10-18(20)17-9-5-12-19-17/h2-4,7-8,15,17-19H,5-6,9-14H2,1H3. The molecule has 1 aromatic rings. The first-order valence-corrected chi connectivity index (χ1v) is 8.37. The van der Waals surface area contributed by atoms with Gasteiger partial charge >= 0.3 is 0 Å². The van der Waals surface area contributed by atoms with Gasteiger partial charge in [0.15, 0.2) is 0 Å². The van der Waals surface area contributed by atoms with E-state index < -0.39 is 0 Å². The summed E-state index contributed by atoms with van der Waals surface area (Å²) < 4.78 is 0. The van der Waals surface area contributed by atoms with Gasteiger partial charge < -0.3 is 5.32 Å². The second kappa shape index (κ2) is 6.73. The van der Waals surface area contributed by atoms with Crippen LogP contribution in [0.5, 0.6) is 0 Å². The number of benzene rings is 1. The summed E-state index contributed by atoms with van der Waals surface area (Å²) in [5, 5.41) is 3.71. The Hall–Kier alpha value is -0.860. The molecule has 2 fully saturated rings. The summed E-state index contributed by atoms with van der Waals surface area (Å²) in [4.78, 5) is 2.75. The molecule has 0 spiro atoms. The summed E-state index contributed by atoms with van der Waals surface area (Å²) in [6, 6.07) is 12.5. The molecular formula is C18H28N2. The molecule has 0 bridgehead atoms. The molecular weight excluding hydrogens is 244 g/mol. The molecule has 1 aromatic carbocycles. The van der Waals surface area contributed by atoms with Crippen LogP contribution in [0.1, 0.15) is 50.5 Å². The third-order valence-corrected chi connectivity index (χ3v) is 5.20. The van der Waals surface area contributed by atoms with Crippen molar-refractivity contribution in [2.45, 2.75) is 57.0 Å². The van der Waals surface area contributed by atoms with E-state index in [1.165, 1.54) is 57.3 Å². The summed E-state index contributed by atoms with van der Waals surface area (Å²) in [5.74, 6) is 0.675. The normalized spacial score (nSPS) is 28.9. The van der Waals surface area contributed by atoms with Crippen molar-refractivity contribution in [1.29, 1.82) is 0 Å². The molecule has 0 amide bonds. The third kappa shape index (κ3) is 3.24. The van der Waals surface area contributed by atoms with Crippen LogP contribution in [-0.4, -0.2) is 36.6 Å². The quantitative estimate of drug-likeness (QED) is 0.884. The molecule has 110 valence electrons. The Kier molecular flexibility index (Phi) is 4.74. The Morgan fingerprint density at radius 3 is 2.80 bits per heavy atom. The molecule has 3 unspecified atom stereocenters. The van der Waals surface area contributed by atoms with Crippen molar-refractivity contribution in [1.82, 2.24) is 10.2 Å². The van der Waals surface area contributed by atoms with Crippen LogP contribution >= 0.6 is 0 Å². The van der Waals surface area contributed by atoms with Gasteiger partial charge in [0.1, 0.15) is 0 Å². The molecule has 0 aromatic heterocycles. The minimum Gasteiger partial charge on any atom is -0.312 e. The van der Waals surface area contributed by atoms with Gasteiger partial charge in [-0.1, -0.05) is 37.3 Å². The number of likely N-dealkylation sites (tertiary alicyclic amines) is 1. The van der Waals surface area contributed by atoms with Crippen LogP contribution in [0.15, 0.2) is 30.3 Å². The molecule has 2 nitrogen and oxygen atoms in total. The van der Waals surface area contributed by atoms with E-state index >= 15 is 0 Å². The molecule has 20 heavy (non-hydrogen) atoms. The fourth-order valence-corrected chi connectivity index (χ4v) is 3.93. The second-order valence-electron chi connectivity index (χ2n) is 6.55. The zero-order chi connectivity index (χ0) is 13.8. The number of rotatable bonds is 5. The fraction of sp³-hybridized carbons (Fsp3) is 0.667. The smallest absolute Gasteiger partial charge is 0.0249 e. The summed E-state index contributed by atoms with van der Waals surface area (Å²) in [5.41, 5.74) is 1.49. The average Bonchev–Trinajstić information content (AvgIpc) is 3.16. The number of hydrogen-bond acceptors (Lipinski definition) is 2. The minimum absolute atomic E-state index is 0.675. The highest BCUT2D eigenvalue weighted by molar-refractivity contribution is 5.18. The molecule has 2 heteroatoms. The Morgan fingerprint density at radius 1 is 1.20 bits per heavy atom. The monoisotopic (exact) mass is 272 g/mol. The van der Waals surface area contributed by atoms with E-state index in [1.807, 2.05) is 0 Å². The highest BCUT2D eigenvalue weighted by Crippen LogP contribution is 2.27. The van der Waals surface area contributed by atoms with Crippen LogP contribution in [0.3, 0.4) is 0 Å². The molecule has 2 saturated heterocycles. The largest absolute Gasteiger partial charge is 0.312 e. The molecule has 2 aliphatic rings. The molecule has 3 rings (SSSR count). The molecule has 0 aliphatic carbocycles. The van der Waals surface area contributed by atoms with Crippen LogP contribution in [-0.2, 0) is 0 Å². The van der Waals surface area contributed by atoms with Gasteiger partial charge in [0.2, 0.25) is 0 Å². The Balaban J connectivity index is 1.52. The van der Waals surface area contributed by atoms with Gasteiger partial charge in [0.25, 0.3) is 0 Å². The number of hydrogen-bond donors (Lipinski definition) is 1. The first-order valence-electron chi connectivity index (χ1n) is 8.37. The van der Waals surface area contributed by atoms with E-state index in [0.717, 1.165) is 12.1 Å². The first-order chi connectivity index (χ1) is 9.84. The molecule has 0 saturated carbocycles. The lowest BCUT2D eigenvalue weighted by molar-refractivity contribution is 0.208. The molecule has 2 aliphatic heterocycles. The first kappa shape index (κ1) is 14.1. The predicted octanol–water partition coefficient (Wildman–Crippen LogP) is 3.40. The Bertz CT molecular complexity index is 397. The maximum absolute atomic E-state index is 3.71. The number of nitrogens with zero attached hydrogens (tertiary/aromatic N) is 1. The average molecular weight is 272 g/mol. The lowest BCUT2D eigenvalue weighted by Crippen LogP contribution is -2.44. The third-order valence-electron chi connectivity index (χ3n) is 5.20. The maximum Gasteiger partial charge on any atom is 0.0249 e. The minimum atomic E-state index is 0.675. The van der Waals surface area contributed by atoms with E-state index in [0.29, 0.717) is 5.92 Å². The van der Waals surface area contributed by atoms with Crippen LogP contribution in [0, 0.1) is 0 Å². The number of nitrogens with one attached hydrogen (secondary N) is 1. The Morgan fingerprint density at radius 2 is 2.05 bits per heavy atom. The molecule has 2 heterocycles. The predicted molar refractivity (Wildman–Crippen MR) is 85.1 cm³/mol. The van der Waals surface area contributed by atoms with Gasteiger partial charge in [-0.05, 0) is 63.2 Å². The van der Waals surface area contributed by atoms with E-state index in [4.69, 9.17) is 0 Å². The van der Waals surface area contributed by atoms with E-state index in [9.17, 15) is 0 Å². The van der Waals surface area contributed by atoms with Crippen molar-refractivity contribution in [2.24, 2.45) is 0 Å². The van der Waals surface area contributed by atoms with Gasteiger partial charge in [0, 0.05) is 12.1 Å². The maximum atomic E-state index is 3.71. The van der Waals surface area contributed by atoms with Crippen molar-refractivity contribution in [3.63, 3.8) is 0 Å². The van der Waals surface area contributed by atoms with Gasteiger partial charge in [-0.25, -0.2) is 0 Å². The topological polar surface area (TPSA) is 15.3 Å². The van der Waals surface area contributed by atoms with E-state index in [1.54, 1.807) is 0 Å². The lowest BCUT2D eigenvalue weighted by Gasteiger charge is -2.30. The van der Waals surface area contributed by atoms with Crippen LogP contribution in [0.25, 0.3) is 0 Å². The zero-order valence-corrected chi connectivity index (χ0v) is 12.7. The van der Waals surface area contributed by atoms with Crippen molar-refractivity contribution in [3.05, 3.63) is 35.9 Å². The van der Waals surface area contributed by atoms with Gasteiger partial charge in [-0.3, -0.25) is 4.90 Å². The SMILES string of the molecule is CC(CCN1CCCC1C1CCCN1)c1ccccc1. The van der Waals surface area contributed by atoms with Crippen molar-refractivity contribution >= 4 is 0 Å². The van der Waals surface area contributed by atoms with Crippen LogP contribution in [0.2, 0.25) is 0 Å². The highest BCUT2D eigenvalue weighted by Gasteiger charge is 2.32. The highest BCUT2D eigenvalue weighted by atomic mass is 15.2. The lowest BCUT2D eigenvalue weighted by atomic mass is 9.97. The van der Waals surface area contributed by atoms with Crippen LogP contribution in [0.4, 0.5) is 0 Å². The second-order valence-corrected chi connectivity index (χ2v) is 6.55. The van der Waals surface area contributed by atoms with Gasteiger partial charge in [-0.2, -0.15) is 0 Å². The van der Waals surface area contributed by atoms with E-state index in [-0.39, 0.29) is 0 Å². The summed E-state index contributed by atoms with van der Waals surface area (Å²) in [7, 11) is 0. The zero-order valence-electron chi connectivity index (χ0n) is 12.7. The molecule has 1 N–H and O–H groups in total. The fourth-order valence-electron chi connectivity index (χ4n) is 3.93.